The number of hydrogen-bond acceptors (Lipinski definition) is 3. The number of aliphatic hydroxyl groups is 1. The van der Waals surface area contributed by atoms with Crippen molar-refractivity contribution in [3.63, 3.8) is 0 Å². The molecule has 1 amide bonds. The van der Waals surface area contributed by atoms with Gasteiger partial charge in [0, 0.05) is 24.7 Å². The van der Waals surface area contributed by atoms with Gasteiger partial charge in [0.05, 0.1) is 11.6 Å². The van der Waals surface area contributed by atoms with Crippen LogP contribution in [0.25, 0.3) is 0 Å². The molecule has 2 fully saturated rings. The first-order chi connectivity index (χ1) is 10.8. The fraction of sp³-hybridized carbons (Fsp3) is 0.778. The molecule has 0 aromatic carbocycles. The highest BCUT2D eigenvalue weighted by molar-refractivity contribution is 5.92. The van der Waals surface area contributed by atoms with Gasteiger partial charge in [-0.2, -0.15) is 5.10 Å². The fourth-order valence-corrected chi connectivity index (χ4v) is 3.45. The molecule has 1 atom stereocenters. The van der Waals surface area contributed by atoms with Crippen LogP contribution in [0.2, 0.25) is 0 Å². The van der Waals surface area contributed by atoms with E-state index in [1.807, 2.05) is 22.6 Å². The summed E-state index contributed by atoms with van der Waals surface area (Å²) < 4.78 is 2.04. The minimum absolute atomic E-state index is 0.0407. The highest BCUT2D eigenvalue weighted by atomic mass is 16.3. The van der Waals surface area contributed by atoms with E-state index in [2.05, 4.69) is 25.9 Å². The summed E-state index contributed by atoms with van der Waals surface area (Å²) in [6.07, 6.45) is 3.87. The number of carbonyl (C=O) groups excluding carboxylic acids is 1. The van der Waals surface area contributed by atoms with Gasteiger partial charge in [-0.1, -0.05) is 0 Å². The molecule has 1 aliphatic heterocycles. The van der Waals surface area contributed by atoms with Gasteiger partial charge in [-0.15, -0.1) is 0 Å². The van der Waals surface area contributed by atoms with E-state index in [-0.39, 0.29) is 17.6 Å². The van der Waals surface area contributed by atoms with Crippen LogP contribution in [-0.2, 0) is 5.54 Å². The maximum Gasteiger partial charge on any atom is 0.274 e. The molecule has 1 aromatic rings. The number of aromatic nitrogens is 2. The van der Waals surface area contributed by atoms with E-state index in [0.717, 1.165) is 25.9 Å². The van der Waals surface area contributed by atoms with Crippen molar-refractivity contribution in [2.24, 2.45) is 5.92 Å². The lowest BCUT2D eigenvalue weighted by molar-refractivity contribution is 0.0516. The van der Waals surface area contributed by atoms with Gasteiger partial charge in [0.15, 0.2) is 5.69 Å². The highest BCUT2D eigenvalue weighted by Crippen LogP contribution is 2.41. The van der Waals surface area contributed by atoms with E-state index in [1.165, 1.54) is 18.5 Å². The number of piperidine rings is 1. The molecule has 1 saturated heterocycles. The molecule has 3 rings (SSSR count). The molecule has 128 valence electrons. The minimum Gasteiger partial charge on any atom is -0.393 e. The molecule has 1 N–H and O–H groups in total. The Morgan fingerprint density at radius 2 is 1.87 bits per heavy atom. The van der Waals surface area contributed by atoms with E-state index in [4.69, 9.17) is 0 Å². The van der Waals surface area contributed by atoms with E-state index >= 15 is 0 Å². The monoisotopic (exact) mass is 319 g/mol. The van der Waals surface area contributed by atoms with Crippen LogP contribution < -0.4 is 0 Å². The smallest absolute Gasteiger partial charge is 0.274 e. The third-order valence-electron chi connectivity index (χ3n) is 5.10. The highest BCUT2D eigenvalue weighted by Gasteiger charge is 2.34. The largest absolute Gasteiger partial charge is 0.393 e. The van der Waals surface area contributed by atoms with Crippen LogP contribution >= 0.6 is 0 Å². The molecule has 1 aliphatic carbocycles. The van der Waals surface area contributed by atoms with Crippen molar-refractivity contribution in [2.45, 2.75) is 70.9 Å². The van der Waals surface area contributed by atoms with Gasteiger partial charge in [0.25, 0.3) is 5.91 Å². The topological polar surface area (TPSA) is 58.4 Å². The summed E-state index contributed by atoms with van der Waals surface area (Å²) in [5.41, 5.74) is 1.69. The number of aliphatic hydroxyl groups excluding tert-OH is 1. The zero-order valence-corrected chi connectivity index (χ0v) is 14.7. The second-order valence-corrected chi connectivity index (χ2v) is 8.18. The molecule has 23 heavy (non-hydrogen) atoms. The maximum absolute atomic E-state index is 12.8. The van der Waals surface area contributed by atoms with Crippen LogP contribution in [0.1, 0.15) is 75.5 Å². The summed E-state index contributed by atoms with van der Waals surface area (Å²) in [5.74, 6) is 0.927. The number of rotatable bonds is 3. The third kappa shape index (κ3) is 3.44. The average Bonchev–Trinajstić information content (AvgIpc) is 3.23. The van der Waals surface area contributed by atoms with Gasteiger partial charge >= 0.3 is 0 Å². The lowest BCUT2D eigenvalue weighted by Crippen LogP contribution is -2.41. The predicted octanol–water partition coefficient (Wildman–Crippen LogP) is 2.75. The Kier molecular flexibility index (Phi) is 4.25. The molecule has 0 spiro atoms. The standard InChI is InChI=1S/C18H29N3O2/c1-12(22)13-7-9-20(10-8-13)17(23)15-11-16(14-5-6-14)21(19-15)18(2,3)4/h11-14,22H,5-10H2,1-4H3. The molecule has 0 radical (unpaired) electrons. The van der Waals surface area contributed by atoms with Crippen LogP contribution in [0.4, 0.5) is 0 Å². The van der Waals surface area contributed by atoms with Crippen molar-refractivity contribution in [1.29, 1.82) is 0 Å². The first-order valence-electron chi connectivity index (χ1n) is 8.85. The number of hydrogen-bond donors (Lipinski definition) is 1. The van der Waals surface area contributed by atoms with Crippen molar-refractivity contribution in [3.8, 4) is 0 Å². The van der Waals surface area contributed by atoms with E-state index in [0.29, 0.717) is 17.5 Å². The summed E-state index contributed by atoms with van der Waals surface area (Å²) >= 11 is 0. The summed E-state index contributed by atoms with van der Waals surface area (Å²) in [4.78, 5) is 14.7. The summed E-state index contributed by atoms with van der Waals surface area (Å²) in [5, 5.41) is 14.3. The molecular weight excluding hydrogens is 290 g/mol. The van der Waals surface area contributed by atoms with E-state index in [1.54, 1.807) is 0 Å². The number of nitrogens with zero attached hydrogens (tertiary/aromatic N) is 3. The van der Waals surface area contributed by atoms with E-state index in [9.17, 15) is 9.90 Å². The molecule has 5 nitrogen and oxygen atoms in total. The Balaban J connectivity index is 1.76. The van der Waals surface area contributed by atoms with Crippen molar-refractivity contribution in [1.82, 2.24) is 14.7 Å². The zero-order chi connectivity index (χ0) is 16.8. The second kappa shape index (κ2) is 5.93. The summed E-state index contributed by atoms with van der Waals surface area (Å²) in [6, 6.07) is 2.01. The van der Waals surface area contributed by atoms with Crippen molar-refractivity contribution < 1.29 is 9.90 Å². The van der Waals surface area contributed by atoms with Gasteiger partial charge in [0.2, 0.25) is 0 Å². The van der Waals surface area contributed by atoms with Gasteiger partial charge in [-0.25, -0.2) is 0 Å². The van der Waals surface area contributed by atoms with Gasteiger partial charge in [-0.05, 0) is 65.4 Å². The maximum atomic E-state index is 12.8. The normalized spacial score (nSPS) is 21.5. The number of amides is 1. The van der Waals surface area contributed by atoms with Gasteiger partial charge < -0.3 is 10.0 Å². The SMILES string of the molecule is CC(O)C1CCN(C(=O)c2cc(C3CC3)n(C(C)(C)C)n2)CC1. The van der Waals surface area contributed by atoms with Crippen LogP contribution in [-0.4, -0.2) is 44.9 Å². The quantitative estimate of drug-likeness (QED) is 0.932. The molecule has 2 heterocycles. The summed E-state index contributed by atoms with van der Waals surface area (Å²) in [6.45, 7) is 9.68. The van der Waals surface area contributed by atoms with Gasteiger partial charge in [0.1, 0.15) is 0 Å². The van der Waals surface area contributed by atoms with Crippen LogP contribution in [0, 0.1) is 5.92 Å². The summed E-state index contributed by atoms with van der Waals surface area (Å²) in [7, 11) is 0. The lowest BCUT2D eigenvalue weighted by atomic mass is 9.92. The van der Waals surface area contributed by atoms with Crippen molar-refractivity contribution in [2.75, 3.05) is 13.1 Å². The average molecular weight is 319 g/mol. The van der Waals surface area contributed by atoms with Crippen LogP contribution in [0.3, 0.4) is 0 Å². The predicted molar refractivity (Wildman–Crippen MR) is 89.5 cm³/mol. The molecule has 1 saturated carbocycles. The van der Waals surface area contributed by atoms with Crippen LogP contribution in [0.15, 0.2) is 6.07 Å². The minimum atomic E-state index is -0.283. The second-order valence-electron chi connectivity index (χ2n) is 8.18. The lowest BCUT2D eigenvalue weighted by Gasteiger charge is -2.32. The Morgan fingerprint density at radius 3 is 2.35 bits per heavy atom. The molecule has 5 heteroatoms. The molecular formula is C18H29N3O2. The first-order valence-corrected chi connectivity index (χ1v) is 8.85. The molecule has 1 unspecified atom stereocenters. The van der Waals surface area contributed by atoms with Crippen LogP contribution in [0.5, 0.6) is 0 Å². The Hall–Kier alpha value is -1.36. The molecule has 0 bridgehead atoms. The van der Waals surface area contributed by atoms with Crippen molar-refractivity contribution >= 4 is 5.91 Å². The Bertz CT molecular complexity index is 574. The van der Waals surface area contributed by atoms with Gasteiger partial charge in [-0.3, -0.25) is 9.48 Å². The molecule has 2 aliphatic rings. The third-order valence-corrected chi connectivity index (χ3v) is 5.10. The first kappa shape index (κ1) is 16.5. The van der Waals surface area contributed by atoms with Crippen molar-refractivity contribution in [3.05, 3.63) is 17.5 Å². The van der Waals surface area contributed by atoms with E-state index < -0.39 is 0 Å². The molecule has 1 aromatic heterocycles. The Labute approximate surface area is 138 Å². The zero-order valence-electron chi connectivity index (χ0n) is 14.7. The fourth-order valence-electron chi connectivity index (χ4n) is 3.45. The number of carbonyl (C=O) groups is 1. The Morgan fingerprint density at radius 1 is 1.26 bits per heavy atom. The number of likely N-dealkylation sites (tertiary alicyclic amines) is 1.